The van der Waals surface area contributed by atoms with E-state index < -0.39 is 0 Å². The van der Waals surface area contributed by atoms with Crippen LogP contribution in [0.4, 0.5) is 0 Å². The van der Waals surface area contributed by atoms with Gasteiger partial charge in [-0.3, -0.25) is 9.69 Å². The lowest BCUT2D eigenvalue weighted by atomic mass is 10.1. The number of furan rings is 1. The fourth-order valence-corrected chi connectivity index (χ4v) is 3.23. The van der Waals surface area contributed by atoms with E-state index in [1.165, 1.54) is 0 Å². The molecule has 2 aromatic rings. The zero-order chi connectivity index (χ0) is 19.1. The molecule has 1 unspecified atom stereocenters. The van der Waals surface area contributed by atoms with E-state index in [4.69, 9.17) is 18.6 Å². The average Bonchev–Trinajstić information content (AvgIpc) is 3.23. The summed E-state index contributed by atoms with van der Waals surface area (Å²) in [5.41, 5.74) is 0.867. The second-order valence-corrected chi connectivity index (χ2v) is 6.35. The highest BCUT2D eigenvalue weighted by Crippen LogP contribution is 2.27. The summed E-state index contributed by atoms with van der Waals surface area (Å²) in [4.78, 5) is 14.7. The summed E-state index contributed by atoms with van der Waals surface area (Å²) in [5.74, 6) is 2.06. The Morgan fingerprint density at radius 3 is 2.63 bits per heavy atom. The number of nitrogens with one attached hydrogen (secondary N) is 1. The number of carbonyl (C=O) groups excluding carboxylic acids is 1. The summed E-state index contributed by atoms with van der Waals surface area (Å²) in [7, 11) is 3.17. The zero-order valence-corrected chi connectivity index (χ0v) is 15.8. The van der Waals surface area contributed by atoms with Crippen molar-refractivity contribution in [1.29, 1.82) is 0 Å². The molecule has 3 rings (SSSR count). The van der Waals surface area contributed by atoms with Crippen molar-refractivity contribution >= 4 is 5.91 Å². The maximum Gasteiger partial charge on any atom is 0.224 e. The van der Waals surface area contributed by atoms with Crippen LogP contribution in [0.25, 0.3) is 0 Å². The lowest BCUT2D eigenvalue weighted by Gasteiger charge is -2.33. The van der Waals surface area contributed by atoms with Crippen LogP contribution in [0.5, 0.6) is 11.5 Å². The predicted molar refractivity (Wildman–Crippen MR) is 100 cm³/mol. The van der Waals surface area contributed by atoms with Crippen molar-refractivity contribution in [3.8, 4) is 11.5 Å². The average molecular weight is 374 g/mol. The Balaban J connectivity index is 1.60. The number of benzene rings is 1. The molecule has 27 heavy (non-hydrogen) atoms. The normalized spacial score (nSPS) is 15.9. The van der Waals surface area contributed by atoms with E-state index in [0.29, 0.717) is 31.3 Å². The summed E-state index contributed by atoms with van der Waals surface area (Å²) >= 11 is 0. The van der Waals surface area contributed by atoms with Gasteiger partial charge < -0.3 is 23.9 Å². The highest BCUT2D eigenvalue weighted by molar-refractivity contribution is 5.78. The molecule has 146 valence electrons. The smallest absolute Gasteiger partial charge is 0.224 e. The van der Waals surface area contributed by atoms with Gasteiger partial charge in [0.05, 0.1) is 46.2 Å². The minimum Gasteiger partial charge on any atom is -0.493 e. The molecule has 1 aliphatic rings. The van der Waals surface area contributed by atoms with Crippen LogP contribution < -0.4 is 14.8 Å². The molecular weight excluding hydrogens is 348 g/mol. The van der Waals surface area contributed by atoms with Crippen molar-refractivity contribution in [3.63, 3.8) is 0 Å². The van der Waals surface area contributed by atoms with Crippen LogP contribution in [0, 0.1) is 0 Å². The van der Waals surface area contributed by atoms with Gasteiger partial charge in [0, 0.05) is 19.6 Å². The van der Waals surface area contributed by atoms with Crippen LogP contribution >= 0.6 is 0 Å². The van der Waals surface area contributed by atoms with Gasteiger partial charge in [-0.15, -0.1) is 0 Å². The summed E-state index contributed by atoms with van der Waals surface area (Å²) in [5, 5.41) is 3.03. The van der Waals surface area contributed by atoms with Gasteiger partial charge in [-0.1, -0.05) is 6.07 Å². The molecule has 1 amide bonds. The summed E-state index contributed by atoms with van der Waals surface area (Å²) in [6.45, 7) is 3.50. The highest BCUT2D eigenvalue weighted by Gasteiger charge is 2.25. The van der Waals surface area contributed by atoms with Gasteiger partial charge in [0.15, 0.2) is 11.5 Å². The Morgan fingerprint density at radius 2 is 1.96 bits per heavy atom. The van der Waals surface area contributed by atoms with Crippen molar-refractivity contribution in [2.45, 2.75) is 12.5 Å². The van der Waals surface area contributed by atoms with Crippen LogP contribution in [-0.4, -0.2) is 57.9 Å². The van der Waals surface area contributed by atoms with Gasteiger partial charge in [-0.05, 0) is 29.8 Å². The number of rotatable bonds is 8. The quantitative estimate of drug-likeness (QED) is 0.762. The molecule has 0 bridgehead atoms. The van der Waals surface area contributed by atoms with Crippen molar-refractivity contribution in [2.75, 3.05) is 47.1 Å². The first-order valence-electron chi connectivity index (χ1n) is 9.04. The van der Waals surface area contributed by atoms with Crippen LogP contribution in [0.15, 0.2) is 41.0 Å². The number of hydrogen-bond acceptors (Lipinski definition) is 6. The number of nitrogens with zero attached hydrogens (tertiary/aromatic N) is 1. The number of methoxy groups -OCH3 is 2. The molecule has 0 spiro atoms. The molecule has 7 heteroatoms. The van der Waals surface area contributed by atoms with Gasteiger partial charge in [-0.25, -0.2) is 0 Å². The van der Waals surface area contributed by atoms with Gasteiger partial charge in [0.2, 0.25) is 5.91 Å². The van der Waals surface area contributed by atoms with E-state index in [9.17, 15) is 4.79 Å². The van der Waals surface area contributed by atoms with Crippen molar-refractivity contribution in [3.05, 3.63) is 47.9 Å². The fraction of sp³-hybridized carbons (Fsp3) is 0.450. The third-order valence-corrected chi connectivity index (χ3v) is 4.66. The number of carbonyl (C=O) groups is 1. The molecule has 2 heterocycles. The molecule has 1 aromatic heterocycles. The lowest BCUT2D eigenvalue weighted by Crippen LogP contribution is -2.43. The molecule has 0 radical (unpaired) electrons. The second-order valence-electron chi connectivity index (χ2n) is 6.35. The molecule has 1 atom stereocenters. The van der Waals surface area contributed by atoms with E-state index in [1.807, 2.05) is 24.3 Å². The number of ether oxygens (including phenoxy) is 3. The van der Waals surface area contributed by atoms with Crippen molar-refractivity contribution in [2.24, 2.45) is 0 Å². The van der Waals surface area contributed by atoms with Crippen LogP contribution in [0.2, 0.25) is 0 Å². The first-order valence-corrected chi connectivity index (χ1v) is 9.04. The first kappa shape index (κ1) is 19.3. The highest BCUT2D eigenvalue weighted by atomic mass is 16.5. The number of hydrogen-bond donors (Lipinski definition) is 1. The van der Waals surface area contributed by atoms with Gasteiger partial charge in [0.1, 0.15) is 5.76 Å². The molecule has 7 nitrogen and oxygen atoms in total. The zero-order valence-electron chi connectivity index (χ0n) is 15.8. The third-order valence-electron chi connectivity index (χ3n) is 4.66. The Kier molecular flexibility index (Phi) is 6.73. The van der Waals surface area contributed by atoms with E-state index in [-0.39, 0.29) is 18.4 Å². The molecule has 1 aliphatic heterocycles. The molecule has 0 saturated carbocycles. The van der Waals surface area contributed by atoms with Gasteiger partial charge in [-0.2, -0.15) is 0 Å². The fourth-order valence-electron chi connectivity index (χ4n) is 3.23. The Bertz CT molecular complexity index is 726. The number of amides is 1. The largest absolute Gasteiger partial charge is 0.493 e. The molecule has 1 N–H and O–H groups in total. The minimum absolute atomic E-state index is 0.00162. The summed E-state index contributed by atoms with van der Waals surface area (Å²) < 4.78 is 21.6. The van der Waals surface area contributed by atoms with Gasteiger partial charge in [0.25, 0.3) is 0 Å². The third kappa shape index (κ3) is 5.02. The molecular formula is C20H26N2O5. The second kappa shape index (κ2) is 9.43. The monoisotopic (exact) mass is 374 g/mol. The summed E-state index contributed by atoms with van der Waals surface area (Å²) in [6.07, 6.45) is 1.93. The maximum absolute atomic E-state index is 12.5. The molecule has 0 aliphatic carbocycles. The van der Waals surface area contributed by atoms with Crippen LogP contribution in [0.1, 0.15) is 17.4 Å². The van der Waals surface area contributed by atoms with E-state index in [0.717, 1.165) is 24.4 Å². The van der Waals surface area contributed by atoms with Crippen molar-refractivity contribution < 1.29 is 23.4 Å². The van der Waals surface area contributed by atoms with E-state index in [1.54, 1.807) is 26.5 Å². The summed E-state index contributed by atoms with van der Waals surface area (Å²) in [6, 6.07) is 9.31. The SMILES string of the molecule is COc1ccc(CC(=O)NCC(c2ccco2)N2CCOCC2)cc1OC. The van der Waals surface area contributed by atoms with E-state index >= 15 is 0 Å². The van der Waals surface area contributed by atoms with Gasteiger partial charge >= 0.3 is 0 Å². The minimum atomic E-state index is -0.0490. The topological polar surface area (TPSA) is 73.2 Å². The predicted octanol–water partition coefficient (Wildman–Crippen LogP) is 2.03. The van der Waals surface area contributed by atoms with Crippen molar-refractivity contribution in [1.82, 2.24) is 10.2 Å². The Labute approximate surface area is 159 Å². The molecule has 1 aromatic carbocycles. The van der Waals surface area contributed by atoms with E-state index in [2.05, 4.69) is 10.2 Å². The standard InChI is InChI=1S/C20H26N2O5/c1-24-18-6-5-15(12-19(18)25-2)13-20(23)21-14-16(17-4-3-9-27-17)22-7-10-26-11-8-22/h3-6,9,12,16H,7-8,10-11,13-14H2,1-2H3,(H,21,23). The maximum atomic E-state index is 12.5. The Hall–Kier alpha value is -2.51. The first-order chi connectivity index (χ1) is 13.2. The van der Waals surface area contributed by atoms with Crippen LogP contribution in [-0.2, 0) is 16.0 Å². The van der Waals surface area contributed by atoms with Crippen LogP contribution in [0.3, 0.4) is 0 Å². The lowest BCUT2D eigenvalue weighted by molar-refractivity contribution is -0.120. The molecule has 1 saturated heterocycles. The number of morpholine rings is 1. The Morgan fingerprint density at radius 1 is 1.19 bits per heavy atom. The molecule has 1 fully saturated rings.